The third-order valence-electron chi connectivity index (χ3n) is 4.36. The minimum absolute atomic E-state index is 0.0605. The Morgan fingerprint density at radius 1 is 1.00 bits per heavy atom. The minimum atomic E-state index is -0.526. The van der Waals surface area contributed by atoms with Crippen LogP contribution < -0.4 is 4.90 Å². The quantitative estimate of drug-likeness (QED) is 0.512. The van der Waals surface area contributed by atoms with E-state index >= 15 is 0 Å². The Bertz CT molecular complexity index is 1270. The van der Waals surface area contributed by atoms with Crippen LogP contribution in [0.25, 0.3) is 27.7 Å². The lowest BCUT2D eigenvalue weighted by Gasteiger charge is -2.17. The second-order valence-corrected chi connectivity index (χ2v) is 6.25. The maximum atomic E-state index is 12.2. The Kier molecular flexibility index (Phi) is 3.55. The molecule has 4 rings (SSSR count). The zero-order chi connectivity index (χ0) is 19.5. The number of amides is 2. The molecule has 9 heteroatoms. The summed E-state index contributed by atoms with van der Waals surface area (Å²) in [7, 11) is 0. The Labute approximate surface area is 153 Å². The van der Waals surface area contributed by atoms with Gasteiger partial charge < -0.3 is 0 Å². The summed E-state index contributed by atoms with van der Waals surface area (Å²) in [5.74, 6) is -0.806. The number of carbonyl (C=O) groups is 3. The van der Waals surface area contributed by atoms with Gasteiger partial charge in [0.25, 0.3) is 0 Å². The first-order valence-electron chi connectivity index (χ1n) is 8.30. The van der Waals surface area contributed by atoms with E-state index in [0.29, 0.717) is 16.9 Å². The number of aromatic nitrogens is 5. The largest absolute Gasteiger partial charge is 0.280 e. The van der Waals surface area contributed by atoms with E-state index in [1.807, 2.05) is 28.7 Å². The van der Waals surface area contributed by atoms with Gasteiger partial charge >= 0.3 is 0 Å². The topological polar surface area (TPSA) is 102 Å². The summed E-state index contributed by atoms with van der Waals surface area (Å²) in [5.41, 5.74) is 2.29. The van der Waals surface area contributed by atoms with Gasteiger partial charge in [0.05, 0.1) is 11.0 Å². The number of hydrogen-bond acceptors (Lipinski definition) is 6. The Morgan fingerprint density at radius 2 is 1.67 bits per heavy atom. The fourth-order valence-corrected chi connectivity index (χ4v) is 3.35. The summed E-state index contributed by atoms with van der Waals surface area (Å²) in [5, 5.41) is 4.61. The van der Waals surface area contributed by atoms with Crippen molar-refractivity contribution in [3.8, 4) is 0 Å². The van der Waals surface area contributed by atoms with E-state index in [9.17, 15) is 14.4 Å². The van der Waals surface area contributed by atoms with Crippen molar-refractivity contribution in [3.05, 3.63) is 30.1 Å². The maximum absolute atomic E-state index is 12.2. The average Bonchev–Trinajstić information content (AvgIpc) is 3.13. The first-order valence-corrected chi connectivity index (χ1v) is 8.30. The highest BCUT2D eigenvalue weighted by Crippen LogP contribution is 2.32. The highest BCUT2D eigenvalue weighted by Gasteiger charge is 2.29. The number of aryl methyl sites for hydroxylation is 1. The third kappa shape index (κ3) is 2.31. The van der Waals surface area contributed by atoms with E-state index in [4.69, 9.17) is 0 Å². The minimum Gasteiger partial charge on any atom is -0.280 e. The standard InChI is InChI=1S/C18H16N6O3/c1-9-19-16-15(17-20-13-7-5-6-8-14(13)22(9)17)18(24(21-16)12(4)27)23(10(2)25)11(3)26/h5-8H,1-4H3. The van der Waals surface area contributed by atoms with E-state index < -0.39 is 17.7 Å². The molecule has 0 radical (unpaired) electrons. The molecular formula is C18H16N6O3. The molecule has 0 aliphatic carbocycles. The molecule has 0 fully saturated rings. The van der Waals surface area contributed by atoms with Gasteiger partial charge in [0.1, 0.15) is 11.2 Å². The lowest BCUT2D eigenvalue weighted by Crippen LogP contribution is -2.36. The van der Waals surface area contributed by atoms with E-state index in [1.54, 1.807) is 6.92 Å². The number of hydrogen-bond donors (Lipinski definition) is 0. The van der Waals surface area contributed by atoms with Crippen LogP contribution in [0.3, 0.4) is 0 Å². The van der Waals surface area contributed by atoms with E-state index in [0.717, 1.165) is 20.6 Å². The maximum Gasteiger partial charge on any atom is 0.245 e. The van der Waals surface area contributed by atoms with Gasteiger partial charge in [-0.2, -0.15) is 4.68 Å². The molecule has 4 aromatic rings. The lowest BCUT2D eigenvalue weighted by molar-refractivity contribution is -0.124. The Balaban J connectivity index is 2.27. The van der Waals surface area contributed by atoms with Gasteiger partial charge in [-0.15, -0.1) is 5.10 Å². The van der Waals surface area contributed by atoms with Crippen LogP contribution in [0.1, 0.15) is 31.4 Å². The van der Waals surface area contributed by atoms with Gasteiger partial charge in [-0.25, -0.2) is 14.9 Å². The van der Waals surface area contributed by atoms with Crippen LogP contribution >= 0.6 is 0 Å². The first kappa shape index (κ1) is 16.8. The molecule has 3 heterocycles. The van der Waals surface area contributed by atoms with Crippen molar-refractivity contribution >= 4 is 51.3 Å². The van der Waals surface area contributed by atoms with Crippen LogP contribution in [-0.4, -0.2) is 41.9 Å². The van der Waals surface area contributed by atoms with E-state index in [2.05, 4.69) is 15.1 Å². The van der Waals surface area contributed by atoms with Crippen LogP contribution in [0.2, 0.25) is 0 Å². The summed E-state index contributed by atoms with van der Waals surface area (Å²) in [6, 6.07) is 7.51. The molecular weight excluding hydrogens is 348 g/mol. The molecule has 9 nitrogen and oxygen atoms in total. The summed E-state index contributed by atoms with van der Waals surface area (Å²) >= 11 is 0. The van der Waals surface area contributed by atoms with Gasteiger partial charge in [-0.3, -0.25) is 18.8 Å². The van der Waals surface area contributed by atoms with Gasteiger partial charge in [0, 0.05) is 20.8 Å². The molecule has 2 amide bonds. The molecule has 27 heavy (non-hydrogen) atoms. The molecule has 0 saturated carbocycles. The third-order valence-corrected chi connectivity index (χ3v) is 4.36. The van der Waals surface area contributed by atoms with Gasteiger partial charge in [-0.05, 0) is 19.1 Å². The van der Waals surface area contributed by atoms with Crippen molar-refractivity contribution in [1.29, 1.82) is 0 Å². The molecule has 0 aliphatic rings. The summed E-state index contributed by atoms with van der Waals surface area (Å²) in [6.45, 7) is 5.62. The van der Waals surface area contributed by atoms with Crippen molar-refractivity contribution in [1.82, 2.24) is 24.1 Å². The predicted octanol–water partition coefficient (Wildman–Crippen LogP) is 2.10. The number of nitrogens with zero attached hydrogens (tertiary/aromatic N) is 6. The van der Waals surface area contributed by atoms with Crippen molar-refractivity contribution in [3.63, 3.8) is 0 Å². The molecule has 1 aromatic carbocycles. The number of benzene rings is 1. The zero-order valence-corrected chi connectivity index (χ0v) is 15.2. The number of imide groups is 1. The van der Waals surface area contributed by atoms with Gasteiger partial charge in [0.2, 0.25) is 17.7 Å². The number of carbonyl (C=O) groups excluding carboxylic acids is 3. The van der Waals surface area contributed by atoms with Crippen LogP contribution in [-0.2, 0) is 9.59 Å². The molecule has 0 saturated heterocycles. The van der Waals surface area contributed by atoms with Crippen molar-refractivity contribution in [2.24, 2.45) is 0 Å². The summed E-state index contributed by atoms with van der Waals surface area (Å²) in [6.07, 6.45) is 0. The molecule has 0 atom stereocenters. The van der Waals surface area contributed by atoms with E-state index in [1.165, 1.54) is 20.8 Å². The smallest absolute Gasteiger partial charge is 0.245 e. The summed E-state index contributed by atoms with van der Waals surface area (Å²) < 4.78 is 2.85. The van der Waals surface area contributed by atoms with Crippen molar-refractivity contribution < 1.29 is 14.4 Å². The highest BCUT2D eigenvalue weighted by atomic mass is 16.2. The second-order valence-electron chi connectivity index (χ2n) is 6.25. The SMILES string of the molecule is CC(=O)N(C(C)=O)c1c2c(nc(C)n3c4ccccc4nc23)nn1C(C)=O. The normalized spacial score (nSPS) is 11.4. The molecule has 0 spiro atoms. The zero-order valence-electron chi connectivity index (χ0n) is 15.2. The van der Waals surface area contributed by atoms with Crippen molar-refractivity contribution in [2.75, 3.05) is 4.90 Å². The van der Waals surface area contributed by atoms with Crippen molar-refractivity contribution in [2.45, 2.75) is 27.7 Å². The average molecular weight is 364 g/mol. The second kappa shape index (κ2) is 5.70. The molecule has 0 bridgehead atoms. The van der Waals surface area contributed by atoms with Crippen LogP contribution in [0, 0.1) is 6.92 Å². The Morgan fingerprint density at radius 3 is 2.30 bits per heavy atom. The van der Waals surface area contributed by atoms with E-state index in [-0.39, 0.29) is 11.5 Å². The fourth-order valence-electron chi connectivity index (χ4n) is 3.35. The molecule has 136 valence electrons. The molecule has 0 N–H and O–H groups in total. The fraction of sp³-hybridized carbons (Fsp3) is 0.222. The highest BCUT2D eigenvalue weighted by molar-refractivity contribution is 6.19. The molecule has 3 aromatic heterocycles. The van der Waals surface area contributed by atoms with Crippen LogP contribution in [0.4, 0.5) is 5.82 Å². The van der Waals surface area contributed by atoms with Crippen LogP contribution in [0.15, 0.2) is 24.3 Å². The lowest BCUT2D eigenvalue weighted by atomic mass is 10.3. The predicted molar refractivity (Wildman–Crippen MR) is 98.7 cm³/mol. The number of rotatable bonds is 1. The molecule has 0 aliphatic heterocycles. The number of para-hydroxylation sites is 2. The summed E-state index contributed by atoms with van der Waals surface area (Å²) in [4.78, 5) is 46.6. The number of imidazole rings is 1. The van der Waals surface area contributed by atoms with Gasteiger partial charge in [-0.1, -0.05) is 12.1 Å². The number of fused-ring (bicyclic) bond motifs is 5. The number of anilines is 1. The first-order chi connectivity index (χ1) is 12.8. The molecule has 0 unspecified atom stereocenters. The Hall–Kier alpha value is -3.62. The van der Waals surface area contributed by atoms with Gasteiger partial charge in [0.15, 0.2) is 17.1 Å². The van der Waals surface area contributed by atoms with Crippen LogP contribution in [0.5, 0.6) is 0 Å². The monoisotopic (exact) mass is 364 g/mol.